The highest BCUT2D eigenvalue weighted by Gasteiger charge is 2.21. The summed E-state index contributed by atoms with van der Waals surface area (Å²) in [5, 5.41) is 12.5. The van der Waals surface area contributed by atoms with E-state index in [9.17, 15) is 14.7 Å². The van der Waals surface area contributed by atoms with Gasteiger partial charge in [-0.05, 0) is 53.9 Å². The summed E-state index contributed by atoms with van der Waals surface area (Å²) in [6.07, 6.45) is 3.03. The van der Waals surface area contributed by atoms with Crippen molar-refractivity contribution in [2.45, 2.75) is 25.9 Å². The van der Waals surface area contributed by atoms with Crippen molar-refractivity contribution in [3.05, 3.63) is 65.2 Å². The summed E-state index contributed by atoms with van der Waals surface area (Å²) in [6, 6.07) is 9.32. The van der Waals surface area contributed by atoms with Gasteiger partial charge in [-0.2, -0.15) is 15.0 Å². The van der Waals surface area contributed by atoms with E-state index in [2.05, 4.69) is 25.3 Å². The van der Waals surface area contributed by atoms with Gasteiger partial charge in [-0.1, -0.05) is 12.1 Å². The first-order valence-corrected chi connectivity index (χ1v) is 11.2. The number of carbonyl (C=O) groups excluding carboxylic acids is 1. The third-order valence-corrected chi connectivity index (χ3v) is 5.09. The van der Waals surface area contributed by atoms with E-state index in [0.29, 0.717) is 30.4 Å². The number of anilines is 2. The van der Waals surface area contributed by atoms with Crippen LogP contribution in [0.5, 0.6) is 5.75 Å². The summed E-state index contributed by atoms with van der Waals surface area (Å²) < 4.78 is 5.19. The molecule has 11 nitrogen and oxygen atoms in total. The summed E-state index contributed by atoms with van der Waals surface area (Å²) in [5.74, 6) is -0.356. The number of hydrogen-bond acceptors (Lipinski definition) is 9. The number of carboxylic acids is 1. The largest absolute Gasteiger partial charge is 0.480 e. The lowest BCUT2D eigenvalue weighted by atomic mass is 10.1. The van der Waals surface area contributed by atoms with Crippen molar-refractivity contribution >= 4 is 35.6 Å². The molecule has 0 spiro atoms. The molecular weight excluding hydrogens is 474 g/mol. The molecule has 0 saturated heterocycles. The zero-order valence-electron chi connectivity index (χ0n) is 19.6. The van der Waals surface area contributed by atoms with Gasteiger partial charge in [-0.15, -0.1) is 0 Å². The molecule has 0 unspecified atom stereocenters. The van der Waals surface area contributed by atoms with Gasteiger partial charge in [0, 0.05) is 46.0 Å². The number of nitrogens with one attached hydrogen (secondary N) is 1. The van der Waals surface area contributed by atoms with Crippen LogP contribution >= 0.6 is 11.6 Å². The van der Waals surface area contributed by atoms with Crippen LogP contribution in [0.1, 0.15) is 18.1 Å². The van der Waals surface area contributed by atoms with Crippen LogP contribution in [0.4, 0.5) is 16.7 Å². The smallest absolute Gasteiger partial charge is 0.414 e. The van der Waals surface area contributed by atoms with Gasteiger partial charge in [0.2, 0.25) is 17.2 Å². The van der Waals surface area contributed by atoms with Gasteiger partial charge in [0.05, 0.1) is 0 Å². The second-order valence-electron chi connectivity index (χ2n) is 7.74. The summed E-state index contributed by atoms with van der Waals surface area (Å²) in [5.41, 5.74) is 1.72. The molecule has 3 rings (SSSR count). The number of aromatic nitrogens is 4. The maximum absolute atomic E-state index is 11.9. The minimum absolute atomic E-state index is 0.0529. The average Bonchev–Trinajstić information content (AvgIpc) is 2.83. The van der Waals surface area contributed by atoms with E-state index in [1.54, 1.807) is 50.8 Å². The maximum Gasteiger partial charge on any atom is 0.414 e. The van der Waals surface area contributed by atoms with Crippen molar-refractivity contribution in [3.8, 4) is 5.75 Å². The molecule has 2 aromatic heterocycles. The van der Waals surface area contributed by atoms with Crippen LogP contribution in [0.25, 0.3) is 0 Å². The lowest BCUT2D eigenvalue weighted by Crippen LogP contribution is -2.33. The number of halogens is 1. The van der Waals surface area contributed by atoms with Crippen LogP contribution in [0.3, 0.4) is 0 Å². The van der Waals surface area contributed by atoms with E-state index in [1.807, 2.05) is 24.0 Å². The molecule has 12 heteroatoms. The van der Waals surface area contributed by atoms with E-state index < -0.39 is 18.1 Å². The molecule has 3 aromatic rings. The lowest BCUT2D eigenvalue weighted by Gasteiger charge is -2.22. The van der Waals surface area contributed by atoms with Crippen molar-refractivity contribution in [1.29, 1.82) is 0 Å². The second-order valence-corrected chi connectivity index (χ2v) is 8.08. The Morgan fingerprint density at radius 3 is 2.34 bits per heavy atom. The van der Waals surface area contributed by atoms with Gasteiger partial charge in [0.1, 0.15) is 11.8 Å². The Hall–Kier alpha value is -3.99. The number of rotatable bonds is 10. The predicted octanol–water partition coefficient (Wildman–Crippen LogP) is 3.11. The quantitative estimate of drug-likeness (QED) is 0.428. The summed E-state index contributed by atoms with van der Waals surface area (Å²) in [7, 11) is 3.16. The molecule has 0 aliphatic carbocycles. The van der Waals surface area contributed by atoms with E-state index in [1.165, 1.54) is 4.90 Å². The summed E-state index contributed by atoms with van der Waals surface area (Å²) in [6.45, 7) is 3.06. The molecule has 0 radical (unpaired) electrons. The van der Waals surface area contributed by atoms with Gasteiger partial charge >= 0.3 is 12.1 Å². The number of carboxylic acid groups (broad SMARTS) is 1. The number of carbonyl (C=O) groups is 2. The second kappa shape index (κ2) is 11.9. The number of pyridine rings is 1. The van der Waals surface area contributed by atoms with Crippen molar-refractivity contribution < 1.29 is 19.4 Å². The van der Waals surface area contributed by atoms with E-state index in [-0.39, 0.29) is 17.7 Å². The van der Waals surface area contributed by atoms with Crippen molar-refractivity contribution in [3.63, 3.8) is 0 Å². The first-order chi connectivity index (χ1) is 16.7. The Morgan fingerprint density at radius 2 is 1.74 bits per heavy atom. The number of benzene rings is 1. The SMILES string of the molecule is CCN(Cc1ccncc1)c1nc(Cl)nc(N[C@@H](Cc2ccc(OC(=O)N(C)C)cc2)C(=O)O)n1. The van der Waals surface area contributed by atoms with Crippen LogP contribution in [-0.4, -0.2) is 68.7 Å². The Balaban J connectivity index is 1.73. The molecule has 0 aliphatic heterocycles. The zero-order chi connectivity index (χ0) is 25.4. The average molecular weight is 500 g/mol. The van der Waals surface area contributed by atoms with Crippen LogP contribution in [-0.2, 0) is 17.8 Å². The predicted molar refractivity (Wildman–Crippen MR) is 131 cm³/mol. The normalized spacial score (nSPS) is 11.4. The molecule has 35 heavy (non-hydrogen) atoms. The molecule has 184 valence electrons. The number of ether oxygens (including phenoxy) is 1. The fraction of sp³-hybridized carbons (Fsp3) is 0.304. The molecule has 0 bridgehead atoms. The fourth-order valence-corrected chi connectivity index (χ4v) is 3.21. The van der Waals surface area contributed by atoms with Crippen LogP contribution < -0.4 is 15.0 Å². The van der Waals surface area contributed by atoms with E-state index in [4.69, 9.17) is 16.3 Å². The molecule has 1 amide bonds. The van der Waals surface area contributed by atoms with Crippen LogP contribution in [0, 0.1) is 0 Å². The Bertz CT molecular complexity index is 1150. The zero-order valence-corrected chi connectivity index (χ0v) is 20.3. The highest BCUT2D eigenvalue weighted by Crippen LogP contribution is 2.19. The molecule has 1 atom stereocenters. The highest BCUT2D eigenvalue weighted by atomic mass is 35.5. The molecule has 1 aromatic carbocycles. The van der Waals surface area contributed by atoms with Gasteiger partial charge in [0.25, 0.3) is 0 Å². The number of amides is 1. The molecule has 0 aliphatic rings. The summed E-state index contributed by atoms with van der Waals surface area (Å²) in [4.78, 5) is 43.5. The number of aliphatic carboxylic acids is 1. The standard InChI is InChI=1S/C23H26ClN7O4/c1-4-31(14-16-9-11-25-12-10-16)22-28-20(24)27-21(29-22)26-18(19(32)33)13-15-5-7-17(8-6-15)35-23(34)30(2)3/h5-12,18H,4,13-14H2,1-3H3,(H,32,33)(H,26,27,28,29)/t18-/m0/s1. The third kappa shape index (κ3) is 7.51. The highest BCUT2D eigenvalue weighted by molar-refractivity contribution is 6.28. The van der Waals surface area contributed by atoms with Crippen molar-refractivity contribution in [1.82, 2.24) is 24.8 Å². The maximum atomic E-state index is 11.9. The third-order valence-electron chi connectivity index (χ3n) is 4.92. The van der Waals surface area contributed by atoms with Gasteiger partial charge in [0.15, 0.2) is 0 Å². The molecular formula is C23H26ClN7O4. The monoisotopic (exact) mass is 499 g/mol. The molecule has 0 saturated carbocycles. The summed E-state index contributed by atoms with van der Waals surface area (Å²) >= 11 is 6.13. The Morgan fingerprint density at radius 1 is 1.06 bits per heavy atom. The van der Waals surface area contributed by atoms with Crippen molar-refractivity contribution in [2.75, 3.05) is 30.9 Å². The minimum atomic E-state index is -1.09. The minimum Gasteiger partial charge on any atom is -0.480 e. The van der Waals surface area contributed by atoms with Crippen LogP contribution in [0.15, 0.2) is 48.8 Å². The van der Waals surface area contributed by atoms with Crippen molar-refractivity contribution in [2.24, 2.45) is 0 Å². The number of nitrogens with zero attached hydrogens (tertiary/aromatic N) is 6. The lowest BCUT2D eigenvalue weighted by molar-refractivity contribution is -0.137. The van der Waals surface area contributed by atoms with E-state index in [0.717, 1.165) is 5.56 Å². The Kier molecular flexibility index (Phi) is 8.74. The molecule has 2 N–H and O–H groups in total. The van der Waals surface area contributed by atoms with Crippen LogP contribution in [0.2, 0.25) is 5.28 Å². The van der Waals surface area contributed by atoms with Gasteiger partial charge < -0.3 is 25.0 Å². The first kappa shape index (κ1) is 25.6. The molecule has 0 fully saturated rings. The van der Waals surface area contributed by atoms with Gasteiger partial charge in [-0.3, -0.25) is 4.98 Å². The van der Waals surface area contributed by atoms with Gasteiger partial charge in [-0.25, -0.2) is 9.59 Å². The van der Waals surface area contributed by atoms with E-state index >= 15 is 0 Å². The molecule has 2 heterocycles. The Labute approximate surface area is 207 Å². The number of hydrogen-bond donors (Lipinski definition) is 2. The fourth-order valence-electron chi connectivity index (χ4n) is 3.06. The first-order valence-electron chi connectivity index (χ1n) is 10.8. The topological polar surface area (TPSA) is 134 Å².